The van der Waals surface area contributed by atoms with Crippen LogP contribution in [-0.2, 0) is 12.8 Å². The molecule has 2 heteroatoms. The molecule has 0 bridgehead atoms. The highest BCUT2D eigenvalue weighted by atomic mass is 16.5. The molecule has 2 nitrogen and oxygen atoms in total. The summed E-state index contributed by atoms with van der Waals surface area (Å²) in [5.74, 6) is 1.26. The van der Waals surface area contributed by atoms with Crippen molar-refractivity contribution >= 4 is 0 Å². The molecular weight excluding hydrogens is 258 g/mol. The van der Waals surface area contributed by atoms with Gasteiger partial charge in [-0.3, -0.25) is 0 Å². The van der Waals surface area contributed by atoms with Gasteiger partial charge in [-0.2, -0.15) is 0 Å². The molecule has 0 aliphatic heterocycles. The van der Waals surface area contributed by atoms with Crippen molar-refractivity contribution in [1.29, 1.82) is 0 Å². The molecule has 2 N–H and O–H groups in total. The molecule has 1 unspecified atom stereocenters. The van der Waals surface area contributed by atoms with Gasteiger partial charge in [0, 0.05) is 5.92 Å². The molecule has 0 saturated heterocycles. The van der Waals surface area contributed by atoms with E-state index in [4.69, 9.17) is 10.5 Å². The first-order chi connectivity index (χ1) is 10.3. The number of ether oxygens (including phenoxy) is 1. The van der Waals surface area contributed by atoms with Crippen LogP contribution in [0.3, 0.4) is 0 Å². The van der Waals surface area contributed by atoms with Crippen LogP contribution in [0.1, 0.15) is 36.5 Å². The van der Waals surface area contributed by atoms with Gasteiger partial charge in [0.1, 0.15) is 5.75 Å². The van der Waals surface area contributed by atoms with Crippen LogP contribution >= 0.6 is 0 Å². The summed E-state index contributed by atoms with van der Waals surface area (Å²) in [5, 5.41) is 0. The van der Waals surface area contributed by atoms with E-state index in [0.29, 0.717) is 19.1 Å². The van der Waals surface area contributed by atoms with Gasteiger partial charge >= 0.3 is 0 Å². The molecule has 1 atom stereocenters. The Morgan fingerprint density at radius 3 is 2.33 bits per heavy atom. The first-order valence-corrected chi connectivity index (χ1v) is 7.77. The zero-order valence-corrected chi connectivity index (χ0v) is 13.0. The molecule has 0 radical (unpaired) electrons. The predicted molar refractivity (Wildman–Crippen MR) is 88.9 cm³/mol. The van der Waals surface area contributed by atoms with Crippen molar-refractivity contribution in [3.8, 4) is 5.75 Å². The van der Waals surface area contributed by atoms with Gasteiger partial charge in [-0.25, -0.2) is 0 Å². The third-order valence-corrected chi connectivity index (χ3v) is 3.84. The van der Waals surface area contributed by atoms with Crippen molar-refractivity contribution < 1.29 is 4.74 Å². The van der Waals surface area contributed by atoms with Crippen LogP contribution in [-0.4, -0.2) is 13.2 Å². The summed E-state index contributed by atoms with van der Waals surface area (Å²) in [6.45, 7) is 5.51. The smallest absolute Gasteiger partial charge is 0.119 e. The highest BCUT2D eigenvalue weighted by molar-refractivity contribution is 5.33. The molecule has 0 fully saturated rings. The number of hydrogen-bond acceptors (Lipinski definition) is 2. The fraction of sp³-hybridized carbons (Fsp3) is 0.368. The van der Waals surface area contributed by atoms with E-state index in [1.54, 1.807) is 0 Å². The SMILES string of the molecule is CCOc1cccc(C(CN)Cc2ccc(CC)cc2)c1. The molecule has 21 heavy (non-hydrogen) atoms. The molecule has 0 spiro atoms. The van der Waals surface area contributed by atoms with Crippen molar-refractivity contribution in [3.05, 3.63) is 65.2 Å². The van der Waals surface area contributed by atoms with E-state index in [1.165, 1.54) is 16.7 Å². The van der Waals surface area contributed by atoms with E-state index in [2.05, 4.69) is 43.3 Å². The first kappa shape index (κ1) is 15.6. The molecule has 0 aliphatic rings. The zero-order chi connectivity index (χ0) is 15.1. The molecule has 2 rings (SSSR count). The van der Waals surface area contributed by atoms with Gasteiger partial charge in [0.2, 0.25) is 0 Å². The van der Waals surface area contributed by atoms with Gasteiger partial charge in [0.05, 0.1) is 6.61 Å². The topological polar surface area (TPSA) is 35.2 Å². The highest BCUT2D eigenvalue weighted by Crippen LogP contribution is 2.24. The molecular formula is C19H25NO. The Kier molecular flexibility index (Phi) is 5.82. The van der Waals surface area contributed by atoms with Crippen LogP contribution in [0.25, 0.3) is 0 Å². The van der Waals surface area contributed by atoms with Crippen molar-refractivity contribution in [3.63, 3.8) is 0 Å². The minimum atomic E-state index is 0.331. The van der Waals surface area contributed by atoms with E-state index in [9.17, 15) is 0 Å². The monoisotopic (exact) mass is 283 g/mol. The van der Waals surface area contributed by atoms with Crippen LogP contribution in [0.15, 0.2) is 48.5 Å². The van der Waals surface area contributed by atoms with Crippen molar-refractivity contribution in [1.82, 2.24) is 0 Å². The quantitative estimate of drug-likeness (QED) is 0.835. The summed E-state index contributed by atoms with van der Waals surface area (Å²) in [4.78, 5) is 0. The molecule has 0 saturated carbocycles. The lowest BCUT2D eigenvalue weighted by molar-refractivity contribution is 0.339. The fourth-order valence-corrected chi connectivity index (χ4v) is 2.56. The lowest BCUT2D eigenvalue weighted by Gasteiger charge is -2.16. The average molecular weight is 283 g/mol. The number of benzene rings is 2. The second kappa shape index (κ2) is 7.84. The largest absolute Gasteiger partial charge is 0.494 e. The van der Waals surface area contributed by atoms with Crippen LogP contribution in [0.2, 0.25) is 0 Å². The Morgan fingerprint density at radius 1 is 1.00 bits per heavy atom. The van der Waals surface area contributed by atoms with Crippen LogP contribution < -0.4 is 10.5 Å². The lowest BCUT2D eigenvalue weighted by atomic mass is 9.91. The first-order valence-electron chi connectivity index (χ1n) is 7.77. The molecule has 0 aromatic heterocycles. The zero-order valence-electron chi connectivity index (χ0n) is 13.0. The molecule has 0 aliphatic carbocycles. The van der Waals surface area contributed by atoms with Gasteiger partial charge in [0.25, 0.3) is 0 Å². The van der Waals surface area contributed by atoms with Crippen LogP contribution in [0, 0.1) is 0 Å². The molecule has 0 amide bonds. The Morgan fingerprint density at radius 2 is 1.71 bits per heavy atom. The molecule has 112 valence electrons. The third kappa shape index (κ3) is 4.33. The van der Waals surface area contributed by atoms with Gasteiger partial charge in [-0.1, -0.05) is 43.3 Å². The van der Waals surface area contributed by atoms with E-state index in [-0.39, 0.29) is 0 Å². The van der Waals surface area contributed by atoms with Gasteiger partial charge in [-0.05, 0) is 55.1 Å². The summed E-state index contributed by atoms with van der Waals surface area (Å²) < 4.78 is 5.58. The highest BCUT2D eigenvalue weighted by Gasteiger charge is 2.11. The number of hydrogen-bond donors (Lipinski definition) is 1. The summed E-state index contributed by atoms with van der Waals surface area (Å²) in [7, 11) is 0. The van der Waals surface area contributed by atoms with E-state index in [0.717, 1.165) is 18.6 Å². The lowest BCUT2D eigenvalue weighted by Crippen LogP contribution is -2.15. The number of aryl methyl sites for hydroxylation is 1. The molecule has 0 heterocycles. The molecule has 2 aromatic carbocycles. The summed E-state index contributed by atoms with van der Waals surface area (Å²) in [5.41, 5.74) is 9.96. The van der Waals surface area contributed by atoms with Gasteiger partial charge in [-0.15, -0.1) is 0 Å². The Bertz CT molecular complexity index is 548. The van der Waals surface area contributed by atoms with Crippen LogP contribution in [0.5, 0.6) is 5.75 Å². The standard InChI is InChI=1S/C19H25NO/c1-3-15-8-10-16(11-9-15)12-18(14-20)17-6-5-7-19(13-17)21-4-2/h5-11,13,18H,3-4,12,14,20H2,1-2H3. The predicted octanol–water partition coefficient (Wildman–Crippen LogP) is 3.93. The van der Waals surface area contributed by atoms with Crippen LogP contribution in [0.4, 0.5) is 0 Å². The Hall–Kier alpha value is -1.80. The second-order valence-electron chi connectivity index (χ2n) is 5.31. The normalized spacial score (nSPS) is 12.1. The summed E-state index contributed by atoms with van der Waals surface area (Å²) in [6, 6.07) is 17.1. The number of nitrogens with two attached hydrogens (primary N) is 1. The second-order valence-corrected chi connectivity index (χ2v) is 5.31. The Balaban J connectivity index is 2.12. The summed E-state index contributed by atoms with van der Waals surface area (Å²) in [6.07, 6.45) is 2.05. The van der Waals surface area contributed by atoms with E-state index in [1.807, 2.05) is 19.1 Å². The number of rotatable bonds is 7. The third-order valence-electron chi connectivity index (χ3n) is 3.84. The summed E-state index contributed by atoms with van der Waals surface area (Å²) >= 11 is 0. The maximum atomic E-state index is 5.99. The van der Waals surface area contributed by atoms with Crippen molar-refractivity contribution in [2.24, 2.45) is 5.73 Å². The average Bonchev–Trinajstić information content (AvgIpc) is 2.54. The van der Waals surface area contributed by atoms with Gasteiger partial charge < -0.3 is 10.5 Å². The maximum Gasteiger partial charge on any atom is 0.119 e. The minimum Gasteiger partial charge on any atom is -0.494 e. The maximum absolute atomic E-state index is 5.99. The molecule has 2 aromatic rings. The fourth-order valence-electron chi connectivity index (χ4n) is 2.56. The Labute approximate surface area is 127 Å². The minimum absolute atomic E-state index is 0.331. The van der Waals surface area contributed by atoms with Crippen molar-refractivity contribution in [2.75, 3.05) is 13.2 Å². The van der Waals surface area contributed by atoms with E-state index >= 15 is 0 Å². The van der Waals surface area contributed by atoms with E-state index < -0.39 is 0 Å². The van der Waals surface area contributed by atoms with Gasteiger partial charge in [0.15, 0.2) is 0 Å². The van der Waals surface area contributed by atoms with Crippen molar-refractivity contribution in [2.45, 2.75) is 32.6 Å².